The van der Waals surface area contributed by atoms with Crippen LogP contribution in [0.5, 0.6) is 0 Å². The minimum absolute atomic E-state index is 0.184. The SMILES string of the molecule is CCC(CC)C(=O)N1CCC2(CC1)COCCN(Cc1cccnc1)C2. The molecule has 26 heavy (non-hydrogen) atoms. The molecule has 2 fully saturated rings. The summed E-state index contributed by atoms with van der Waals surface area (Å²) in [6.07, 6.45) is 7.75. The molecule has 1 amide bonds. The Kier molecular flexibility index (Phi) is 6.65. The van der Waals surface area contributed by atoms with Gasteiger partial charge in [0.25, 0.3) is 0 Å². The molecule has 144 valence electrons. The zero-order valence-electron chi connectivity index (χ0n) is 16.3. The van der Waals surface area contributed by atoms with Crippen molar-refractivity contribution >= 4 is 5.91 Å². The summed E-state index contributed by atoms with van der Waals surface area (Å²) in [5.74, 6) is 0.545. The van der Waals surface area contributed by atoms with Crippen molar-refractivity contribution < 1.29 is 9.53 Å². The zero-order valence-corrected chi connectivity index (χ0v) is 16.3. The zero-order chi connectivity index (χ0) is 18.4. The van der Waals surface area contributed by atoms with E-state index in [-0.39, 0.29) is 11.3 Å². The van der Waals surface area contributed by atoms with Gasteiger partial charge in [0, 0.05) is 56.5 Å². The average molecular weight is 360 g/mol. The summed E-state index contributed by atoms with van der Waals surface area (Å²) < 4.78 is 5.98. The Morgan fingerprint density at radius 1 is 1.27 bits per heavy atom. The Balaban J connectivity index is 1.60. The molecule has 3 heterocycles. The lowest BCUT2D eigenvalue weighted by atomic mass is 9.78. The molecule has 0 unspecified atom stereocenters. The summed E-state index contributed by atoms with van der Waals surface area (Å²) in [6, 6.07) is 4.14. The molecule has 1 spiro atoms. The van der Waals surface area contributed by atoms with Crippen molar-refractivity contribution in [1.29, 1.82) is 0 Å². The molecule has 2 aliphatic rings. The van der Waals surface area contributed by atoms with Crippen LogP contribution in [-0.2, 0) is 16.1 Å². The minimum Gasteiger partial charge on any atom is -0.379 e. The molecule has 3 rings (SSSR count). The van der Waals surface area contributed by atoms with E-state index in [2.05, 4.69) is 34.7 Å². The number of ether oxygens (including phenoxy) is 1. The van der Waals surface area contributed by atoms with Gasteiger partial charge in [-0.3, -0.25) is 14.7 Å². The lowest BCUT2D eigenvalue weighted by molar-refractivity contribution is -0.138. The highest BCUT2D eigenvalue weighted by Crippen LogP contribution is 2.35. The van der Waals surface area contributed by atoms with E-state index in [1.165, 1.54) is 5.56 Å². The second kappa shape index (κ2) is 8.96. The number of piperidine rings is 1. The molecule has 1 aromatic heterocycles. The lowest BCUT2D eigenvalue weighted by Crippen LogP contribution is -2.49. The number of carbonyl (C=O) groups excluding carboxylic acids is 1. The monoisotopic (exact) mass is 359 g/mol. The average Bonchev–Trinajstić information content (AvgIpc) is 2.86. The van der Waals surface area contributed by atoms with Crippen molar-refractivity contribution in [3.8, 4) is 0 Å². The number of amides is 1. The lowest BCUT2D eigenvalue weighted by Gasteiger charge is -2.43. The van der Waals surface area contributed by atoms with E-state index in [1.807, 2.05) is 18.5 Å². The third-order valence-corrected chi connectivity index (χ3v) is 6.12. The number of aromatic nitrogens is 1. The summed E-state index contributed by atoms with van der Waals surface area (Å²) in [5.41, 5.74) is 1.44. The molecule has 0 saturated carbocycles. The first-order valence-electron chi connectivity index (χ1n) is 10.1. The fourth-order valence-corrected chi connectivity index (χ4v) is 4.37. The molecule has 2 saturated heterocycles. The van der Waals surface area contributed by atoms with Crippen LogP contribution >= 0.6 is 0 Å². The topological polar surface area (TPSA) is 45.7 Å². The van der Waals surface area contributed by atoms with Crippen LogP contribution in [0.2, 0.25) is 0 Å². The van der Waals surface area contributed by atoms with Crippen molar-refractivity contribution in [2.45, 2.75) is 46.1 Å². The van der Waals surface area contributed by atoms with E-state index in [9.17, 15) is 4.79 Å². The van der Waals surface area contributed by atoms with Crippen LogP contribution in [0, 0.1) is 11.3 Å². The van der Waals surface area contributed by atoms with E-state index in [0.717, 1.165) is 71.6 Å². The molecule has 1 aromatic rings. The van der Waals surface area contributed by atoms with Crippen molar-refractivity contribution in [2.75, 3.05) is 39.4 Å². The van der Waals surface area contributed by atoms with Crippen LogP contribution in [0.1, 0.15) is 45.1 Å². The van der Waals surface area contributed by atoms with Crippen LogP contribution in [-0.4, -0.2) is 60.1 Å². The van der Waals surface area contributed by atoms with Crippen molar-refractivity contribution in [1.82, 2.24) is 14.8 Å². The van der Waals surface area contributed by atoms with Crippen LogP contribution in [0.25, 0.3) is 0 Å². The molecule has 0 aliphatic carbocycles. The van der Waals surface area contributed by atoms with Crippen molar-refractivity contribution in [3.63, 3.8) is 0 Å². The quantitative estimate of drug-likeness (QED) is 0.811. The molecule has 0 atom stereocenters. The van der Waals surface area contributed by atoms with Gasteiger partial charge in [-0.25, -0.2) is 0 Å². The molecule has 0 N–H and O–H groups in total. The van der Waals surface area contributed by atoms with E-state index < -0.39 is 0 Å². The van der Waals surface area contributed by atoms with Crippen LogP contribution in [0.3, 0.4) is 0 Å². The first-order valence-corrected chi connectivity index (χ1v) is 10.1. The van der Waals surface area contributed by atoms with Crippen molar-refractivity contribution in [2.24, 2.45) is 11.3 Å². The van der Waals surface area contributed by atoms with E-state index in [1.54, 1.807) is 0 Å². The maximum atomic E-state index is 12.7. The molecule has 0 bridgehead atoms. The summed E-state index contributed by atoms with van der Waals surface area (Å²) >= 11 is 0. The third kappa shape index (κ3) is 4.63. The van der Waals surface area contributed by atoms with Crippen LogP contribution in [0.15, 0.2) is 24.5 Å². The molecule has 5 nitrogen and oxygen atoms in total. The predicted octanol–water partition coefficient (Wildman–Crippen LogP) is 2.96. The van der Waals surface area contributed by atoms with Gasteiger partial charge >= 0.3 is 0 Å². The van der Waals surface area contributed by atoms with Gasteiger partial charge in [0.2, 0.25) is 5.91 Å². The molecule has 0 aromatic carbocycles. The van der Waals surface area contributed by atoms with Crippen molar-refractivity contribution in [3.05, 3.63) is 30.1 Å². The van der Waals surface area contributed by atoms with Crippen LogP contribution in [0.4, 0.5) is 0 Å². The second-order valence-electron chi connectivity index (χ2n) is 7.96. The highest BCUT2D eigenvalue weighted by molar-refractivity contribution is 5.78. The number of carbonyl (C=O) groups is 1. The number of hydrogen-bond donors (Lipinski definition) is 0. The molecule has 2 aliphatic heterocycles. The molecular formula is C21H33N3O2. The van der Waals surface area contributed by atoms with Gasteiger partial charge in [-0.2, -0.15) is 0 Å². The highest BCUT2D eigenvalue weighted by atomic mass is 16.5. The van der Waals surface area contributed by atoms with Crippen LogP contribution < -0.4 is 0 Å². The number of hydrogen-bond acceptors (Lipinski definition) is 4. The third-order valence-electron chi connectivity index (χ3n) is 6.12. The van der Waals surface area contributed by atoms with Gasteiger partial charge < -0.3 is 9.64 Å². The first kappa shape index (κ1) is 19.3. The van der Waals surface area contributed by atoms with Gasteiger partial charge in [0.15, 0.2) is 0 Å². The van der Waals surface area contributed by atoms with Gasteiger partial charge in [0.05, 0.1) is 13.2 Å². The first-order chi connectivity index (χ1) is 12.7. The minimum atomic E-state index is 0.184. The normalized spacial score (nSPS) is 21.1. The van der Waals surface area contributed by atoms with Gasteiger partial charge in [-0.1, -0.05) is 19.9 Å². The fraction of sp³-hybridized carbons (Fsp3) is 0.714. The second-order valence-corrected chi connectivity index (χ2v) is 7.96. The molecule has 5 heteroatoms. The number of rotatable bonds is 5. The molecule has 0 radical (unpaired) electrons. The summed E-state index contributed by atoms with van der Waals surface area (Å²) in [7, 11) is 0. The van der Waals surface area contributed by atoms with Gasteiger partial charge in [-0.15, -0.1) is 0 Å². The number of pyridine rings is 1. The standard InChI is InChI=1S/C21H33N3O2/c1-3-19(4-2)20(25)24-10-7-21(8-11-24)16-23(12-13-26-17-21)15-18-6-5-9-22-14-18/h5-6,9,14,19H,3-4,7-8,10-13,15-17H2,1-2H3. The Morgan fingerprint density at radius 3 is 2.69 bits per heavy atom. The Bertz CT molecular complexity index is 566. The summed E-state index contributed by atoms with van der Waals surface area (Å²) in [6.45, 7) is 10.5. The highest BCUT2D eigenvalue weighted by Gasteiger charge is 2.39. The Labute approximate surface area is 157 Å². The number of likely N-dealkylation sites (tertiary alicyclic amines) is 1. The Hall–Kier alpha value is -1.46. The largest absolute Gasteiger partial charge is 0.379 e. The fourth-order valence-electron chi connectivity index (χ4n) is 4.37. The predicted molar refractivity (Wildman–Crippen MR) is 103 cm³/mol. The van der Waals surface area contributed by atoms with Gasteiger partial charge in [0.1, 0.15) is 0 Å². The Morgan fingerprint density at radius 2 is 2.04 bits per heavy atom. The number of nitrogens with zero attached hydrogens (tertiary/aromatic N) is 3. The summed E-state index contributed by atoms with van der Waals surface area (Å²) in [4.78, 5) is 21.5. The summed E-state index contributed by atoms with van der Waals surface area (Å²) in [5, 5.41) is 0. The van der Waals surface area contributed by atoms with E-state index in [0.29, 0.717) is 5.91 Å². The van der Waals surface area contributed by atoms with E-state index >= 15 is 0 Å². The maximum absolute atomic E-state index is 12.7. The maximum Gasteiger partial charge on any atom is 0.225 e. The smallest absolute Gasteiger partial charge is 0.225 e. The van der Waals surface area contributed by atoms with E-state index in [4.69, 9.17) is 4.74 Å². The van der Waals surface area contributed by atoms with Gasteiger partial charge in [-0.05, 0) is 37.3 Å². The molecular weight excluding hydrogens is 326 g/mol.